The zero-order chi connectivity index (χ0) is 18.8. The second-order valence-corrected chi connectivity index (χ2v) is 7.13. The Morgan fingerprint density at radius 3 is 2.81 bits per heavy atom. The number of nitrogens with zero attached hydrogens (tertiary/aromatic N) is 1. The van der Waals surface area contributed by atoms with E-state index in [-0.39, 0.29) is 18.6 Å². The molecule has 1 saturated heterocycles. The van der Waals surface area contributed by atoms with Gasteiger partial charge in [0.2, 0.25) is 0 Å². The van der Waals surface area contributed by atoms with Gasteiger partial charge in [-0.25, -0.2) is 0 Å². The van der Waals surface area contributed by atoms with Crippen LogP contribution in [0.15, 0.2) is 36.4 Å². The molecule has 5 heteroatoms. The van der Waals surface area contributed by atoms with Crippen molar-refractivity contribution < 1.29 is 19.0 Å². The summed E-state index contributed by atoms with van der Waals surface area (Å²) < 4.78 is 17.1. The van der Waals surface area contributed by atoms with Crippen LogP contribution in [0.3, 0.4) is 0 Å². The van der Waals surface area contributed by atoms with Crippen LogP contribution in [-0.2, 0) is 4.79 Å². The number of benzene rings is 2. The van der Waals surface area contributed by atoms with Crippen LogP contribution in [0.1, 0.15) is 35.6 Å². The fourth-order valence-electron chi connectivity index (χ4n) is 3.78. The Bertz CT molecular complexity index is 848. The van der Waals surface area contributed by atoms with Gasteiger partial charge in [0.05, 0.1) is 6.04 Å². The van der Waals surface area contributed by atoms with Crippen LogP contribution in [-0.4, -0.2) is 37.2 Å². The monoisotopic (exact) mass is 367 g/mol. The van der Waals surface area contributed by atoms with Gasteiger partial charge >= 0.3 is 0 Å². The quantitative estimate of drug-likeness (QED) is 0.824. The molecule has 5 nitrogen and oxygen atoms in total. The molecule has 1 unspecified atom stereocenters. The van der Waals surface area contributed by atoms with Crippen molar-refractivity contribution in [2.45, 2.75) is 32.7 Å². The van der Waals surface area contributed by atoms with E-state index >= 15 is 0 Å². The summed E-state index contributed by atoms with van der Waals surface area (Å²) in [4.78, 5) is 14.8. The maximum atomic E-state index is 12.8. The molecule has 2 aromatic carbocycles. The van der Waals surface area contributed by atoms with Crippen molar-refractivity contribution >= 4 is 5.91 Å². The van der Waals surface area contributed by atoms with Gasteiger partial charge in [-0.3, -0.25) is 4.79 Å². The van der Waals surface area contributed by atoms with Crippen molar-refractivity contribution in [3.05, 3.63) is 53.1 Å². The third-order valence-corrected chi connectivity index (χ3v) is 5.43. The van der Waals surface area contributed by atoms with E-state index in [4.69, 9.17) is 14.2 Å². The lowest BCUT2D eigenvalue weighted by Crippen LogP contribution is -2.34. The lowest BCUT2D eigenvalue weighted by atomic mass is 10.0. The van der Waals surface area contributed by atoms with Gasteiger partial charge in [0.1, 0.15) is 19.0 Å². The molecule has 0 saturated carbocycles. The fourth-order valence-corrected chi connectivity index (χ4v) is 3.78. The molecule has 2 heterocycles. The zero-order valence-corrected chi connectivity index (χ0v) is 15.9. The minimum absolute atomic E-state index is 0.0216. The van der Waals surface area contributed by atoms with Crippen molar-refractivity contribution in [3.8, 4) is 17.2 Å². The highest BCUT2D eigenvalue weighted by Crippen LogP contribution is 2.38. The highest BCUT2D eigenvalue weighted by molar-refractivity contribution is 5.78. The minimum Gasteiger partial charge on any atom is -0.486 e. The summed E-state index contributed by atoms with van der Waals surface area (Å²) in [5.74, 6) is 2.34. The standard InChI is InChI=1S/C22H25NO4/c1-15-5-3-7-19(16(15)2)27-14-22(24)23-10-4-6-18(23)17-8-9-20-21(13-17)26-12-11-25-20/h3,5,7-9,13,18H,4,6,10-12,14H2,1-2H3. The molecular formula is C22H25NO4. The predicted octanol–water partition coefficient (Wildman–Crippen LogP) is 3.82. The Balaban J connectivity index is 1.46. The third-order valence-electron chi connectivity index (χ3n) is 5.43. The molecule has 27 heavy (non-hydrogen) atoms. The summed E-state index contributed by atoms with van der Waals surface area (Å²) in [5.41, 5.74) is 3.34. The minimum atomic E-state index is 0.0216. The molecule has 0 spiro atoms. The molecule has 142 valence electrons. The second-order valence-electron chi connectivity index (χ2n) is 7.13. The normalized spacial score (nSPS) is 18.4. The van der Waals surface area contributed by atoms with Crippen molar-refractivity contribution in [2.75, 3.05) is 26.4 Å². The van der Waals surface area contributed by atoms with Crippen LogP contribution in [0.4, 0.5) is 0 Å². The summed E-state index contributed by atoms with van der Waals surface area (Å²) in [6.07, 6.45) is 1.95. The maximum absolute atomic E-state index is 12.8. The number of likely N-dealkylation sites (tertiary alicyclic amines) is 1. The summed E-state index contributed by atoms with van der Waals surface area (Å²) in [7, 11) is 0. The number of aryl methyl sites for hydroxylation is 1. The van der Waals surface area contributed by atoms with E-state index in [0.29, 0.717) is 13.2 Å². The highest BCUT2D eigenvalue weighted by atomic mass is 16.6. The van der Waals surface area contributed by atoms with E-state index in [9.17, 15) is 4.79 Å². The summed E-state index contributed by atoms with van der Waals surface area (Å²) in [6.45, 7) is 6.02. The van der Waals surface area contributed by atoms with Crippen LogP contribution < -0.4 is 14.2 Å². The fraction of sp³-hybridized carbons (Fsp3) is 0.409. The predicted molar refractivity (Wildman–Crippen MR) is 103 cm³/mol. The Morgan fingerprint density at radius 1 is 1.15 bits per heavy atom. The number of fused-ring (bicyclic) bond motifs is 1. The molecule has 0 N–H and O–H groups in total. The molecule has 0 aliphatic carbocycles. The smallest absolute Gasteiger partial charge is 0.261 e. The van der Waals surface area contributed by atoms with E-state index in [0.717, 1.165) is 53.3 Å². The number of carbonyl (C=O) groups excluding carboxylic acids is 1. The molecule has 4 rings (SSSR count). The molecular weight excluding hydrogens is 342 g/mol. The van der Waals surface area contributed by atoms with Gasteiger partial charge in [0, 0.05) is 6.54 Å². The summed E-state index contributed by atoms with van der Waals surface area (Å²) in [6, 6.07) is 12.0. The molecule has 2 aliphatic heterocycles. The van der Waals surface area contributed by atoms with Crippen LogP contribution >= 0.6 is 0 Å². The van der Waals surface area contributed by atoms with Gasteiger partial charge in [-0.15, -0.1) is 0 Å². The molecule has 1 atom stereocenters. The summed E-state index contributed by atoms with van der Waals surface area (Å²) in [5, 5.41) is 0. The van der Waals surface area contributed by atoms with Crippen molar-refractivity contribution in [1.29, 1.82) is 0 Å². The maximum Gasteiger partial charge on any atom is 0.261 e. The average molecular weight is 367 g/mol. The molecule has 2 aliphatic rings. The lowest BCUT2D eigenvalue weighted by Gasteiger charge is -2.27. The van der Waals surface area contributed by atoms with Gasteiger partial charge in [0.25, 0.3) is 5.91 Å². The first-order chi connectivity index (χ1) is 13.1. The number of amides is 1. The molecule has 1 fully saturated rings. The van der Waals surface area contributed by atoms with Gasteiger partial charge in [-0.05, 0) is 61.6 Å². The molecule has 0 aromatic heterocycles. The molecule has 1 amide bonds. The van der Waals surface area contributed by atoms with Crippen LogP contribution in [0.5, 0.6) is 17.2 Å². The van der Waals surface area contributed by atoms with Crippen LogP contribution in [0.2, 0.25) is 0 Å². The number of ether oxygens (including phenoxy) is 3. The Hall–Kier alpha value is -2.69. The first-order valence-corrected chi connectivity index (χ1v) is 9.51. The number of hydrogen-bond donors (Lipinski definition) is 0. The zero-order valence-electron chi connectivity index (χ0n) is 15.9. The first kappa shape index (κ1) is 17.7. The topological polar surface area (TPSA) is 48.0 Å². The largest absolute Gasteiger partial charge is 0.486 e. The van der Waals surface area contributed by atoms with Gasteiger partial charge < -0.3 is 19.1 Å². The van der Waals surface area contributed by atoms with E-state index in [1.54, 1.807) is 0 Å². The van der Waals surface area contributed by atoms with Gasteiger partial charge in [0.15, 0.2) is 18.1 Å². The van der Waals surface area contributed by atoms with Crippen molar-refractivity contribution in [2.24, 2.45) is 0 Å². The Kier molecular flexibility index (Phi) is 4.92. The van der Waals surface area contributed by atoms with Crippen LogP contribution in [0.25, 0.3) is 0 Å². The van der Waals surface area contributed by atoms with E-state index < -0.39 is 0 Å². The van der Waals surface area contributed by atoms with Crippen molar-refractivity contribution in [1.82, 2.24) is 4.90 Å². The average Bonchev–Trinajstić information content (AvgIpc) is 3.18. The van der Waals surface area contributed by atoms with Gasteiger partial charge in [-0.2, -0.15) is 0 Å². The number of carbonyl (C=O) groups is 1. The lowest BCUT2D eigenvalue weighted by molar-refractivity contribution is -0.134. The first-order valence-electron chi connectivity index (χ1n) is 9.51. The number of hydrogen-bond acceptors (Lipinski definition) is 4. The molecule has 0 radical (unpaired) electrons. The Morgan fingerprint density at radius 2 is 1.96 bits per heavy atom. The van der Waals surface area contributed by atoms with E-state index in [1.165, 1.54) is 0 Å². The molecule has 2 aromatic rings. The van der Waals surface area contributed by atoms with E-state index in [1.807, 2.05) is 55.1 Å². The Labute approximate surface area is 159 Å². The summed E-state index contributed by atoms with van der Waals surface area (Å²) >= 11 is 0. The third kappa shape index (κ3) is 3.59. The van der Waals surface area contributed by atoms with Crippen molar-refractivity contribution in [3.63, 3.8) is 0 Å². The number of rotatable bonds is 4. The second kappa shape index (κ2) is 7.51. The SMILES string of the molecule is Cc1cccc(OCC(=O)N2CCCC2c2ccc3c(c2)OCCO3)c1C. The molecule has 0 bridgehead atoms. The highest BCUT2D eigenvalue weighted by Gasteiger charge is 2.31. The van der Waals surface area contributed by atoms with Gasteiger partial charge in [-0.1, -0.05) is 18.2 Å². The van der Waals surface area contributed by atoms with Crippen LogP contribution in [0, 0.1) is 13.8 Å². The van der Waals surface area contributed by atoms with E-state index in [2.05, 4.69) is 0 Å².